The van der Waals surface area contributed by atoms with Gasteiger partial charge in [-0.3, -0.25) is 14.1 Å². The highest BCUT2D eigenvalue weighted by molar-refractivity contribution is 5.67. The van der Waals surface area contributed by atoms with Crippen LogP contribution < -0.4 is 4.74 Å². The van der Waals surface area contributed by atoms with Crippen molar-refractivity contribution in [1.29, 1.82) is 0 Å². The van der Waals surface area contributed by atoms with E-state index < -0.39 is 6.36 Å². The van der Waals surface area contributed by atoms with Crippen molar-refractivity contribution >= 4 is 5.65 Å². The molecule has 3 aromatic heterocycles. The number of halogens is 3. The zero-order valence-corrected chi connectivity index (χ0v) is 13.5. The van der Waals surface area contributed by atoms with Crippen molar-refractivity contribution < 1.29 is 17.9 Å². The normalized spacial score (nSPS) is 11.8. The summed E-state index contributed by atoms with van der Waals surface area (Å²) in [5, 5.41) is 4.12. The molecule has 3 heterocycles. The van der Waals surface area contributed by atoms with Crippen LogP contribution in [0.25, 0.3) is 28.2 Å². The number of ether oxygens (including phenoxy) is 1. The van der Waals surface area contributed by atoms with Crippen molar-refractivity contribution in [1.82, 2.24) is 24.1 Å². The summed E-state index contributed by atoms with van der Waals surface area (Å²) in [6.45, 7) is 0. The minimum atomic E-state index is -4.74. The molecular weight excluding hydrogens is 347 g/mol. The van der Waals surface area contributed by atoms with Crippen LogP contribution in [0.3, 0.4) is 0 Å². The summed E-state index contributed by atoms with van der Waals surface area (Å²) in [5.74, 6) is -0.286. The van der Waals surface area contributed by atoms with Crippen molar-refractivity contribution in [3.05, 3.63) is 55.2 Å². The first kappa shape index (κ1) is 16.1. The van der Waals surface area contributed by atoms with Gasteiger partial charge in [-0.2, -0.15) is 5.10 Å². The van der Waals surface area contributed by atoms with Crippen LogP contribution in [0.4, 0.5) is 13.2 Å². The van der Waals surface area contributed by atoms with Crippen molar-refractivity contribution in [2.45, 2.75) is 6.36 Å². The molecule has 0 spiro atoms. The predicted octanol–water partition coefficient (Wildman–Crippen LogP) is 3.70. The van der Waals surface area contributed by atoms with E-state index in [0.29, 0.717) is 22.6 Å². The maximum absolute atomic E-state index is 12.5. The second-order valence-electron chi connectivity index (χ2n) is 5.62. The van der Waals surface area contributed by atoms with Crippen LogP contribution in [0.15, 0.2) is 55.2 Å². The van der Waals surface area contributed by atoms with E-state index in [1.54, 1.807) is 47.0 Å². The van der Waals surface area contributed by atoms with Crippen molar-refractivity contribution in [2.24, 2.45) is 7.05 Å². The Bertz CT molecular complexity index is 1080. The number of nitrogens with zero attached hydrogens (tertiary/aromatic N) is 5. The quantitative estimate of drug-likeness (QED) is 0.560. The monoisotopic (exact) mass is 359 g/mol. The van der Waals surface area contributed by atoms with E-state index >= 15 is 0 Å². The summed E-state index contributed by atoms with van der Waals surface area (Å²) >= 11 is 0. The average molecular weight is 359 g/mol. The molecule has 0 N–H and O–H groups in total. The number of alkyl halides is 3. The molecule has 4 rings (SSSR count). The lowest BCUT2D eigenvalue weighted by Crippen LogP contribution is -2.17. The first-order chi connectivity index (χ1) is 12.4. The standard InChI is InChI=1S/C17H12F3N5O/c1-24-9-12(6-23-24)14-10-25-15(7-22-16(25)8-21-14)11-3-2-4-13(5-11)26-17(18,19)20/h2-10H,1H3. The van der Waals surface area contributed by atoms with Crippen LogP contribution >= 0.6 is 0 Å². The Hall–Kier alpha value is -3.36. The third-order valence-electron chi connectivity index (χ3n) is 3.76. The molecule has 0 atom stereocenters. The molecule has 0 fully saturated rings. The Morgan fingerprint density at radius 3 is 2.58 bits per heavy atom. The number of aryl methyl sites for hydroxylation is 1. The zero-order chi connectivity index (χ0) is 18.3. The second kappa shape index (κ2) is 5.87. The molecule has 0 radical (unpaired) electrons. The topological polar surface area (TPSA) is 57.2 Å². The average Bonchev–Trinajstić information content (AvgIpc) is 3.19. The van der Waals surface area contributed by atoms with Crippen molar-refractivity contribution in [3.8, 4) is 28.3 Å². The number of fused-ring (bicyclic) bond motifs is 1. The number of imidazole rings is 1. The molecule has 0 saturated carbocycles. The molecule has 1 aromatic carbocycles. The van der Waals surface area contributed by atoms with E-state index in [2.05, 4.69) is 19.8 Å². The smallest absolute Gasteiger partial charge is 0.406 e. The van der Waals surface area contributed by atoms with E-state index in [4.69, 9.17) is 0 Å². The van der Waals surface area contributed by atoms with Gasteiger partial charge in [0.05, 0.1) is 30.0 Å². The van der Waals surface area contributed by atoms with Gasteiger partial charge in [0.2, 0.25) is 0 Å². The van der Waals surface area contributed by atoms with Gasteiger partial charge in [-0.1, -0.05) is 12.1 Å². The number of benzene rings is 1. The molecule has 0 saturated heterocycles. The van der Waals surface area contributed by atoms with Crippen LogP contribution in [0.1, 0.15) is 0 Å². The molecule has 0 bridgehead atoms. The van der Waals surface area contributed by atoms with Gasteiger partial charge in [-0.15, -0.1) is 13.2 Å². The Kier molecular flexibility index (Phi) is 3.64. The fourth-order valence-electron chi connectivity index (χ4n) is 2.66. The molecule has 26 heavy (non-hydrogen) atoms. The number of hydrogen-bond acceptors (Lipinski definition) is 4. The lowest BCUT2D eigenvalue weighted by Gasteiger charge is -2.10. The minimum absolute atomic E-state index is 0.286. The summed E-state index contributed by atoms with van der Waals surface area (Å²) < 4.78 is 44.8. The van der Waals surface area contributed by atoms with Crippen LogP contribution in [0.2, 0.25) is 0 Å². The lowest BCUT2D eigenvalue weighted by molar-refractivity contribution is -0.274. The largest absolute Gasteiger partial charge is 0.573 e. The summed E-state index contributed by atoms with van der Waals surface area (Å²) in [7, 11) is 1.80. The van der Waals surface area contributed by atoms with E-state index in [1.807, 2.05) is 6.20 Å². The van der Waals surface area contributed by atoms with E-state index in [9.17, 15) is 13.2 Å². The minimum Gasteiger partial charge on any atom is -0.406 e. The lowest BCUT2D eigenvalue weighted by atomic mass is 10.1. The molecule has 0 aliphatic carbocycles. The van der Waals surface area contributed by atoms with Crippen molar-refractivity contribution in [3.63, 3.8) is 0 Å². The fraction of sp³-hybridized carbons (Fsp3) is 0.118. The third kappa shape index (κ3) is 3.10. The van der Waals surface area contributed by atoms with E-state index in [-0.39, 0.29) is 5.75 Å². The highest BCUT2D eigenvalue weighted by Gasteiger charge is 2.31. The van der Waals surface area contributed by atoms with E-state index in [0.717, 1.165) is 5.56 Å². The highest BCUT2D eigenvalue weighted by atomic mass is 19.4. The van der Waals surface area contributed by atoms with Gasteiger partial charge >= 0.3 is 6.36 Å². The second-order valence-corrected chi connectivity index (χ2v) is 5.62. The number of rotatable bonds is 3. The summed E-state index contributed by atoms with van der Waals surface area (Å²) in [5.41, 5.74) is 3.24. The molecule has 0 aliphatic heterocycles. The summed E-state index contributed by atoms with van der Waals surface area (Å²) in [4.78, 5) is 8.61. The van der Waals surface area contributed by atoms with Gasteiger partial charge in [0.1, 0.15) is 5.75 Å². The summed E-state index contributed by atoms with van der Waals surface area (Å²) in [6.07, 6.45) is 3.71. The summed E-state index contributed by atoms with van der Waals surface area (Å²) in [6, 6.07) is 5.76. The number of aromatic nitrogens is 5. The zero-order valence-electron chi connectivity index (χ0n) is 13.5. The van der Waals surface area contributed by atoms with Crippen molar-refractivity contribution in [2.75, 3.05) is 0 Å². The van der Waals surface area contributed by atoms with Gasteiger partial charge in [-0.05, 0) is 12.1 Å². The maximum atomic E-state index is 12.5. The van der Waals surface area contributed by atoms with Gasteiger partial charge in [0, 0.05) is 30.6 Å². The van der Waals surface area contributed by atoms with Gasteiger partial charge in [0.15, 0.2) is 5.65 Å². The Morgan fingerprint density at radius 1 is 1.00 bits per heavy atom. The van der Waals surface area contributed by atoms with Crippen LogP contribution in [0, 0.1) is 0 Å². The first-order valence-electron chi connectivity index (χ1n) is 7.57. The van der Waals surface area contributed by atoms with Crippen LogP contribution in [-0.4, -0.2) is 30.5 Å². The molecule has 0 amide bonds. The molecule has 0 unspecified atom stereocenters. The SMILES string of the molecule is Cn1cc(-c2cn3c(-c4cccc(OC(F)(F)F)c4)cnc3cn2)cn1. The molecule has 0 aliphatic rings. The number of hydrogen-bond donors (Lipinski definition) is 0. The Labute approximate surface area is 145 Å². The fourth-order valence-corrected chi connectivity index (χ4v) is 2.66. The molecular formula is C17H12F3N5O. The van der Waals surface area contributed by atoms with Crippen LogP contribution in [0.5, 0.6) is 5.75 Å². The first-order valence-corrected chi connectivity index (χ1v) is 7.57. The highest BCUT2D eigenvalue weighted by Crippen LogP contribution is 2.29. The van der Waals surface area contributed by atoms with Gasteiger partial charge in [-0.25, -0.2) is 4.98 Å². The molecule has 6 nitrogen and oxygen atoms in total. The molecule has 9 heteroatoms. The Morgan fingerprint density at radius 2 is 1.85 bits per heavy atom. The Balaban J connectivity index is 1.78. The predicted molar refractivity (Wildman–Crippen MR) is 87.3 cm³/mol. The van der Waals surface area contributed by atoms with Crippen LogP contribution in [-0.2, 0) is 7.05 Å². The van der Waals surface area contributed by atoms with Gasteiger partial charge < -0.3 is 4.74 Å². The molecule has 132 valence electrons. The van der Waals surface area contributed by atoms with Gasteiger partial charge in [0.25, 0.3) is 0 Å². The molecule has 4 aromatic rings. The van der Waals surface area contributed by atoms with E-state index in [1.165, 1.54) is 18.2 Å². The maximum Gasteiger partial charge on any atom is 0.573 e. The third-order valence-corrected chi connectivity index (χ3v) is 3.76.